The Kier molecular flexibility index (Phi) is 4.10. The van der Waals surface area contributed by atoms with Crippen LogP contribution in [-0.4, -0.2) is 16.2 Å². The number of carboxylic acid groups (broad SMARTS) is 1. The summed E-state index contributed by atoms with van der Waals surface area (Å²) in [6, 6.07) is 16.9. The van der Waals surface area contributed by atoms with Gasteiger partial charge >= 0.3 is 5.97 Å². The molecule has 3 aromatic rings. The van der Waals surface area contributed by atoms with Gasteiger partial charge in [-0.25, -0.2) is 4.79 Å². The molecule has 0 aliphatic rings. The van der Waals surface area contributed by atoms with Gasteiger partial charge in [0, 0.05) is 11.6 Å². The number of aromatic carboxylic acids is 1. The highest BCUT2D eigenvalue weighted by atomic mass is 16.5. The minimum absolute atomic E-state index is 0.109. The molecular weight excluding hydrogens is 294 g/mol. The van der Waals surface area contributed by atoms with Gasteiger partial charge in [0.05, 0.1) is 0 Å². The maximum absolute atomic E-state index is 10.8. The van der Waals surface area contributed by atoms with Crippen LogP contribution in [0.25, 0.3) is 11.3 Å². The van der Waals surface area contributed by atoms with Crippen LogP contribution in [0.4, 0.5) is 0 Å². The number of hydrogen-bond acceptors (Lipinski definition) is 4. The lowest BCUT2D eigenvalue weighted by molar-refractivity contribution is 0.0686. The molecule has 0 atom stereocenters. The van der Waals surface area contributed by atoms with Crippen molar-refractivity contribution in [3.8, 4) is 17.1 Å². The van der Waals surface area contributed by atoms with Crippen LogP contribution in [0.1, 0.15) is 21.6 Å². The minimum atomic E-state index is -1.11. The van der Waals surface area contributed by atoms with Crippen LogP contribution in [0.2, 0.25) is 0 Å². The van der Waals surface area contributed by atoms with Gasteiger partial charge in [-0.3, -0.25) is 0 Å². The van der Waals surface area contributed by atoms with E-state index in [4.69, 9.17) is 14.4 Å². The Morgan fingerprint density at radius 3 is 2.61 bits per heavy atom. The van der Waals surface area contributed by atoms with Gasteiger partial charge in [0.1, 0.15) is 12.4 Å². The summed E-state index contributed by atoms with van der Waals surface area (Å²) < 4.78 is 10.9. The standard InChI is InChI=1S/C18H15NO4/c1-12-9-14(17-10-15(18(20)21)19-23-17)7-8-16(12)22-11-13-5-3-2-4-6-13/h2-10H,11H2,1H3,(H,20,21). The van der Waals surface area contributed by atoms with E-state index in [1.807, 2.05) is 55.5 Å². The number of benzene rings is 2. The van der Waals surface area contributed by atoms with Crippen molar-refractivity contribution < 1.29 is 19.2 Å². The number of rotatable bonds is 5. The van der Waals surface area contributed by atoms with Crippen molar-refractivity contribution in [1.82, 2.24) is 5.16 Å². The van der Waals surface area contributed by atoms with Gasteiger partial charge in [-0.15, -0.1) is 0 Å². The molecule has 5 nitrogen and oxygen atoms in total. The molecule has 0 fully saturated rings. The van der Waals surface area contributed by atoms with Crippen LogP contribution in [-0.2, 0) is 6.61 Å². The number of hydrogen-bond donors (Lipinski definition) is 1. The lowest BCUT2D eigenvalue weighted by atomic mass is 10.1. The Morgan fingerprint density at radius 1 is 1.17 bits per heavy atom. The average molecular weight is 309 g/mol. The number of carbonyl (C=O) groups is 1. The molecule has 1 N–H and O–H groups in total. The maximum atomic E-state index is 10.8. The minimum Gasteiger partial charge on any atom is -0.489 e. The fourth-order valence-electron chi connectivity index (χ4n) is 2.21. The Morgan fingerprint density at radius 2 is 1.96 bits per heavy atom. The first kappa shape index (κ1) is 14.8. The molecule has 0 saturated heterocycles. The van der Waals surface area contributed by atoms with Crippen LogP contribution in [0.3, 0.4) is 0 Å². The molecule has 5 heteroatoms. The number of aromatic nitrogens is 1. The van der Waals surface area contributed by atoms with Gasteiger partial charge in [0.25, 0.3) is 0 Å². The van der Waals surface area contributed by atoms with Crippen molar-refractivity contribution in [3.63, 3.8) is 0 Å². The molecule has 0 spiro atoms. The van der Waals surface area contributed by atoms with Gasteiger partial charge < -0.3 is 14.4 Å². The number of nitrogens with zero attached hydrogens (tertiary/aromatic N) is 1. The first-order valence-electron chi connectivity index (χ1n) is 7.11. The summed E-state index contributed by atoms with van der Waals surface area (Å²) in [5.74, 6) is 0.0789. The zero-order valence-corrected chi connectivity index (χ0v) is 12.5. The topological polar surface area (TPSA) is 72.6 Å². The van der Waals surface area contributed by atoms with Crippen molar-refractivity contribution in [2.24, 2.45) is 0 Å². The van der Waals surface area contributed by atoms with Crippen molar-refractivity contribution in [2.45, 2.75) is 13.5 Å². The van der Waals surface area contributed by atoms with Crippen molar-refractivity contribution in [2.75, 3.05) is 0 Å². The predicted molar refractivity (Wildman–Crippen MR) is 84.4 cm³/mol. The van der Waals surface area contributed by atoms with Crippen molar-refractivity contribution in [3.05, 3.63) is 71.4 Å². The smallest absolute Gasteiger partial charge is 0.358 e. The summed E-state index contributed by atoms with van der Waals surface area (Å²) in [5.41, 5.74) is 2.68. The Hall–Kier alpha value is -3.08. The van der Waals surface area contributed by atoms with Gasteiger partial charge in [0.15, 0.2) is 11.5 Å². The third kappa shape index (κ3) is 3.40. The zero-order chi connectivity index (χ0) is 16.2. The molecule has 2 aromatic carbocycles. The third-order valence-electron chi connectivity index (χ3n) is 3.43. The van der Waals surface area contributed by atoms with Crippen molar-refractivity contribution >= 4 is 5.97 Å². The predicted octanol–water partition coefficient (Wildman–Crippen LogP) is 3.93. The molecule has 1 heterocycles. The molecule has 0 radical (unpaired) electrons. The second-order valence-corrected chi connectivity index (χ2v) is 5.14. The molecule has 0 aliphatic carbocycles. The fourth-order valence-corrected chi connectivity index (χ4v) is 2.21. The van der Waals surface area contributed by atoms with E-state index in [9.17, 15) is 4.79 Å². The van der Waals surface area contributed by atoms with E-state index in [0.717, 1.165) is 22.4 Å². The van der Waals surface area contributed by atoms with E-state index in [-0.39, 0.29) is 5.69 Å². The monoisotopic (exact) mass is 309 g/mol. The van der Waals surface area contributed by atoms with Crippen LogP contribution < -0.4 is 4.74 Å². The largest absolute Gasteiger partial charge is 0.489 e. The summed E-state index contributed by atoms with van der Waals surface area (Å²) in [7, 11) is 0. The van der Waals surface area contributed by atoms with E-state index in [1.54, 1.807) is 0 Å². The first-order valence-corrected chi connectivity index (χ1v) is 7.11. The van der Waals surface area contributed by atoms with E-state index >= 15 is 0 Å². The van der Waals surface area contributed by atoms with Gasteiger partial charge in [-0.1, -0.05) is 35.5 Å². The Bertz CT molecular complexity index is 824. The zero-order valence-electron chi connectivity index (χ0n) is 12.5. The molecule has 23 heavy (non-hydrogen) atoms. The summed E-state index contributed by atoms with van der Waals surface area (Å²) in [5, 5.41) is 12.4. The van der Waals surface area contributed by atoms with Crippen LogP contribution >= 0.6 is 0 Å². The molecule has 3 rings (SSSR count). The lowest BCUT2D eigenvalue weighted by Gasteiger charge is -2.10. The highest BCUT2D eigenvalue weighted by molar-refractivity contribution is 5.86. The molecule has 0 saturated carbocycles. The van der Waals surface area contributed by atoms with Gasteiger partial charge in [-0.2, -0.15) is 0 Å². The quantitative estimate of drug-likeness (QED) is 0.773. The van der Waals surface area contributed by atoms with Crippen LogP contribution in [0, 0.1) is 6.92 Å². The molecule has 0 aliphatic heterocycles. The second kappa shape index (κ2) is 6.36. The highest BCUT2D eigenvalue weighted by Crippen LogP contribution is 2.27. The average Bonchev–Trinajstić information content (AvgIpc) is 3.05. The Balaban J connectivity index is 1.76. The van der Waals surface area contributed by atoms with E-state index in [0.29, 0.717) is 12.4 Å². The summed E-state index contributed by atoms with van der Waals surface area (Å²) in [4.78, 5) is 10.8. The van der Waals surface area contributed by atoms with E-state index in [1.165, 1.54) is 6.07 Å². The second-order valence-electron chi connectivity index (χ2n) is 5.14. The fraction of sp³-hybridized carbons (Fsp3) is 0.111. The maximum Gasteiger partial charge on any atom is 0.358 e. The third-order valence-corrected chi connectivity index (χ3v) is 3.43. The molecule has 0 bridgehead atoms. The lowest BCUT2D eigenvalue weighted by Crippen LogP contribution is -1.96. The highest BCUT2D eigenvalue weighted by Gasteiger charge is 2.13. The van der Waals surface area contributed by atoms with Crippen LogP contribution in [0.5, 0.6) is 5.75 Å². The summed E-state index contributed by atoms with van der Waals surface area (Å²) >= 11 is 0. The number of carboxylic acids is 1. The molecule has 1 aromatic heterocycles. The van der Waals surface area contributed by atoms with Gasteiger partial charge in [0.2, 0.25) is 0 Å². The Labute approximate surface area is 133 Å². The van der Waals surface area contributed by atoms with E-state index in [2.05, 4.69) is 5.16 Å². The van der Waals surface area contributed by atoms with Crippen LogP contribution in [0.15, 0.2) is 59.1 Å². The number of ether oxygens (including phenoxy) is 1. The molecule has 116 valence electrons. The summed E-state index contributed by atoms with van der Waals surface area (Å²) in [6.07, 6.45) is 0. The SMILES string of the molecule is Cc1cc(-c2cc(C(=O)O)no2)ccc1OCc1ccccc1. The normalized spacial score (nSPS) is 10.5. The molecule has 0 unspecified atom stereocenters. The van der Waals surface area contributed by atoms with Crippen molar-refractivity contribution in [1.29, 1.82) is 0 Å². The van der Waals surface area contributed by atoms with E-state index < -0.39 is 5.97 Å². The molecular formula is C18H15NO4. The van der Waals surface area contributed by atoms with Gasteiger partial charge in [-0.05, 0) is 36.2 Å². The first-order chi connectivity index (χ1) is 11.1. The number of aryl methyl sites for hydroxylation is 1. The molecule has 0 amide bonds. The summed E-state index contributed by atoms with van der Waals surface area (Å²) in [6.45, 7) is 2.42.